The molecule has 1 amide bonds. The first-order valence-electron chi connectivity index (χ1n) is 8.26. The zero-order valence-corrected chi connectivity index (χ0v) is 14.0. The summed E-state index contributed by atoms with van der Waals surface area (Å²) in [4.78, 5) is 14.3. The molecule has 3 atom stereocenters. The SMILES string of the molecule is CS(=O)(=O)NC[C@@H]1CO[C@@H]2CN(C(=O)CC3CCCC3)C[C@H]12. The summed E-state index contributed by atoms with van der Waals surface area (Å²) >= 11 is 0. The summed E-state index contributed by atoms with van der Waals surface area (Å²) in [5.41, 5.74) is 0. The van der Waals surface area contributed by atoms with Gasteiger partial charge in [0.25, 0.3) is 0 Å². The van der Waals surface area contributed by atoms with Crippen molar-refractivity contribution in [3.8, 4) is 0 Å². The van der Waals surface area contributed by atoms with Crippen molar-refractivity contribution in [3.05, 3.63) is 0 Å². The van der Waals surface area contributed by atoms with Crippen LogP contribution in [-0.4, -0.2) is 57.8 Å². The van der Waals surface area contributed by atoms with Gasteiger partial charge in [-0.25, -0.2) is 13.1 Å². The fourth-order valence-electron chi connectivity index (χ4n) is 4.06. The van der Waals surface area contributed by atoms with Crippen LogP contribution in [-0.2, 0) is 19.6 Å². The number of hydrogen-bond acceptors (Lipinski definition) is 4. The van der Waals surface area contributed by atoms with E-state index in [1.807, 2.05) is 4.90 Å². The van der Waals surface area contributed by atoms with Crippen molar-refractivity contribution in [1.82, 2.24) is 9.62 Å². The van der Waals surface area contributed by atoms with Gasteiger partial charge in [-0.3, -0.25) is 4.79 Å². The highest BCUT2D eigenvalue weighted by Crippen LogP contribution is 2.35. The summed E-state index contributed by atoms with van der Waals surface area (Å²) in [5.74, 6) is 1.25. The third-order valence-electron chi connectivity index (χ3n) is 5.34. The van der Waals surface area contributed by atoms with Crippen molar-refractivity contribution in [3.63, 3.8) is 0 Å². The first kappa shape index (κ1) is 16.2. The van der Waals surface area contributed by atoms with Crippen LogP contribution < -0.4 is 4.72 Å². The number of nitrogens with zero attached hydrogens (tertiary/aromatic N) is 1. The molecule has 3 rings (SSSR count). The van der Waals surface area contributed by atoms with Crippen molar-refractivity contribution >= 4 is 15.9 Å². The smallest absolute Gasteiger partial charge is 0.222 e. The quantitative estimate of drug-likeness (QED) is 0.800. The molecule has 3 aliphatic rings. The van der Waals surface area contributed by atoms with Gasteiger partial charge in [0.05, 0.1) is 19.0 Å². The van der Waals surface area contributed by atoms with Gasteiger partial charge in [-0.1, -0.05) is 12.8 Å². The highest BCUT2D eigenvalue weighted by Gasteiger charge is 2.45. The second-order valence-electron chi connectivity index (χ2n) is 7.07. The zero-order valence-electron chi connectivity index (χ0n) is 13.2. The van der Waals surface area contributed by atoms with Crippen LogP contribution in [0, 0.1) is 17.8 Å². The summed E-state index contributed by atoms with van der Waals surface area (Å²) in [7, 11) is -3.17. The summed E-state index contributed by atoms with van der Waals surface area (Å²) in [6.07, 6.45) is 6.81. The van der Waals surface area contributed by atoms with Crippen LogP contribution >= 0.6 is 0 Å². The second kappa shape index (κ2) is 6.45. The maximum absolute atomic E-state index is 12.4. The monoisotopic (exact) mass is 330 g/mol. The first-order chi connectivity index (χ1) is 10.4. The Morgan fingerprint density at radius 2 is 2.00 bits per heavy atom. The molecule has 0 bridgehead atoms. The third-order valence-corrected chi connectivity index (χ3v) is 6.03. The van der Waals surface area contributed by atoms with E-state index in [9.17, 15) is 13.2 Å². The molecule has 22 heavy (non-hydrogen) atoms. The molecule has 0 unspecified atom stereocenters. The van der Waals surface area contributed by atoms with Crippen molar-refractivity contribution in [2.45, 2.75) is 38.2 Å². The van der Waals surface area contributed by atoms with E-state index in [1.165, 1.54) is 31.9 Å². The average molecular weight is 330 g/mol. The van der Waals surface area contributed by atoms with E-state index in [1.54, 1.807) is 0 Å². The maximum atomic E-state index is 12.4. The molecule has 2 saturated heterocycles. The van der Waals surface area contributed by atoms with Crippen LogP contribution in [0.2, 0.25) is 0 Å². The lowest BCUT2D eigenvalue weighted by molar-refractivity contribution is -0.132. The normalized spacial score (nSPS) is 32.6. The first-order valence-corrected chi connectivity index (χ1v) is 10.2. The average Bonchev–Trinajstić information content (AvgIpc) is 3.11. The molecule has 2 heterocycles. The van der Waals surface area contributed by atoms with E-state index in [0.29, 0.717) is 38.6 Å². The number of likely N-dealkylation sites (tertiary alicyclic amines) is 1. The van der Waals surface area contributed by atoms with Gasteiger partial charge < -0.3 is 9.64 Å². The Balaban J connectivity index is 1.51. The molecular weight excluding hydrogens is 304 g/mol. The van der Waals surface area contributed by atoms with Crippen LogP contribution in [0.3, 0.4) is 0 Å². The molecule has 1 aliphatic carbocycles. The van der Waals surface area contributed by atoms with E-state index in [0.717, 1.165) is 0 Å². The van der Waals surface area contributed by atoms with E-state index in [2.05, 4.69) is 4.72 Å². The van der Waals surface area contributed by atoms with Gasteiger partial charge >= 0.3 is 0 Å². The highest BCUT2D eigenvalue weighted by molar-refractivity contribution is 7.88. The van der Waals surface area contributed by atoms with Crippen molar-refractivity contribution in [2.24, 2.45) is 17.8 Å². The minimum Gasteiger partial charge on any atom is -0.376 e. The van der Waals surface area contributed by atoms with Gasteiger partial charge in [0.1, 0.15) is 0 Å². The van der Waals surface area contributed by atoms with Crippen molar-refractivity contribution < 1.29 is 17.9 Å². The predicted octanol–water partition coefficient (Wildman–Crippen LogP) is 0.589. The summed E-state index contributed by atoms with van der Waals surface area (Å²) < 4.78 is 30.8. The van der Waals surface area contributed by atoms with Crippen molar-refractivity contribution in [1.29, 1.82) is 0 Å². The molecule has 0 aromatic rings. The number of carbonyl (C=O) groups is 1. The Morgan fingerprint density at radius 1 is 1.27 bits per heavy atom. The standard InChI is InChI=1S/C15H26N2O4S/c1-22(19,20)16-7-12-10-21-14-9-17(8-13(12)14)15(18)6-11-4-2-3-5-11/h11-14,16H,2-10H2,1H3/t12-,13-,14-/m1/s1. The number of rotatable bonds is 5. The van der Waals surface area contributed by atoms with Crippen LogP contribution in [0.15, 0.2) is 0 Å². The molecule has 1 saturated carbocycles. The number of hydrogen-bond donors (Lipinski definition) is 1. The van der Waals surface area contributed by atoms with E-state index < -0.39 is 10.0 Å². The Bertz CT molecular complexity index is 516. The molecule has 3 fully saturated rings. The predicted molar refractivity (Wildman–Crippen MR) is 82.7 cm³/mol. The molecule has 0 radical (unpaired) electrons. The van der Waals surface area contributed by atoms with Crippen molar-refractivity contribution in [2.75, 3.05) is 32.5 Å². The number of nitrogens with one attached hydrogen (secondary N) is 1. The lowest BCUT2D eigenvalue weighted by atomic mass is 9.93. The van der Waals surface area contributed by atoms with Crippen LogP contribution in [0.4, 0.5) is 0 Å². The van der Waals surface area contributed by atoms with Gasteiger partial charge in [-0.15, -0.1) is 0 Å². The second-order valence-corrected chi connectivity index (χ2v) is 8.90. The maximum Gasteiger partial charge on any atom is 0.222 e. The van der Waals surface area contributed by atoms with E-state index in [-0.39, 0.29) is 23.8 Å². The molecule has 0 spiro atoms. The minimum absolute atomic E-state index is 0.0823. The Hall–Kier alpha value is -0.660. The zero-order chi connectivity index (χ0) is 15.7. The number of ether oxygens (including phenoxy) is 1. The van der Waals surface area contributed by atoms with E-state index in [4.69, 9.17) is 4.74 Å². The third kappa shape index (κ3) is 3.81. The number of sulfonamides is 1. The fourth-order valence-corrected chi connectivity index (χ4v) is 4.58. The molecule has 2 aliphatic heterocycles. The Kier molecular flexibility index (Phi) is 4.75. The van der Waals surface area contributed by atoms with Crippen LogP contribution in [0.1, 0.15) is 32.1 Å². The molecular formula is C15H26N2O4S. The molecule has 0 aromatic carbocycles. The molecule has 6 nitrogen and oxygen atoms in total. The molecule has 1 N–H and O–H groups in total. The van der Waals surface area contributed by atoms with Gasteiger partial charge in [-0.05, 0) is 18.8 Å². The summed E-state index contributed by atoms with van der Waals surface area (Å²) in [5, 5.41) is 0. The van der Waals surface area contributed by atoms with Gasteiger partial charge in [0.15, 0.2) is 0 Å². The molecule has 126 valence electrons. The van der Waals surface area contributed by atoms with Gasteiger partial charge in [0.2, 0.25) is 15.9 Å². The lowest BCUT2D eigenvalue weighted by Gasteiger charge is -2.21. The highest BCUT2D eigenvalue weighted by atomic mass is 32.2. The van der Waals surface area contributed by atoms with Gasteiger partial charge in [0, 0.05) is 37.9 Å². The van der Waals surface area contributed by atoms with E-state index >= 15 is 0 Å². The topological polar surface area (TPSA) is 75.7 Å². The largest absolute Gasteiger partial charge is 0.376 e. The number of carbonyl (C=O) groups excluding carboxylic acids is 1. The Labute approximate surface area is 132 Å². The van der Waals surface area contributed by atoms with Crippen LogP contribution in [0.25, 0.3) is 0 Å². The molecule has 7 heteroatoms. The fraction of sp³-hybridized carbons (Fsp3) is 0.933. The minimum atomic E-state index is -3.17. The Morgan fingerprint density at radius 3 is 2.68 bits per heavy atom. The number of amides is 1. The number of fused-ring (bicyclic) bond motifs is 1. The van der Waals surface area contributed by atoms with Crippen LogP contribution in [0.5, 0.6) is 0 Å². The summed E-state index contributed by atoms with van der Waals surface area (Å²) in [6, 6.07) is 0. The van der Waals surface area contributed by atoms with Gasteiger partial charge in [-0.2, -0.15) is 0 Å². The summed E-state index contributed by atoms with van der Waals surface area (Å²) in [6.45, 7) is 2.38. The molecule has 0 aromatic heterocycles. The lowest BCUT2D eigenvalue weighted by Crippen LogP contribution is -2.35.